The third kappa shape index (κ3) is 2.96. The number of hydrogen-bond donors (Lipinski definition) is 1. The molecule has 0 unspecified atom stereocenters. The summed E-state index contributed by atoms with van der Waals surface area (Å²) in [6.07, 6.45) is 6.93. The number of ether oxygens (including phenoxy) is 2. The van der Waals surface area contributed by atoms with Gasteiger partial charge in [0.15, 0.2) is 0 Å². The molecule has 3 rings (SSSR count). The summed E-state index contributed by atoms with van der Waals surface area (Å²) in [5.41, 5.74) is -1.09. The van der Waals surface area contributed by atoms with E-state index in [1.54, 1.807) is 7.11 Å². The molecule has 5 nitrogen and oxygen atoms in total. The molecule has 1 spiro atoms. The Morgan fingerprint density at radius 1 is 1.29 bits per heavy atom. The average molecular weight is 297 g/mol. The first-order valence-corrected chi connectivity index (χ1v) is 8.24. The Morgan fingerprint density at radius 2 is 2.05 bits per heavy atom. The van der Waals surface area contributed by atoms with E-state index in [1.807, 2.05) is 4.90 Å². The minimum atomic E-state index is -0.788. The van der Waals surface area contributed by atoms with Gasteiger partial charge in [0.05, 0.1) is 18.6 Å². The van der Waals surface area contributed by atoms with Gasteiger partial charge in [0, 0.05) is 20.3 Å². The van der Waals surface area contributed by atoms with Gasteiger partial charge in [0.2, 0.25) is 5.91 Å². The van der Waals surface area contributed by atoms with Gasteiger partial charge in [-0.3, -0.25) is 4.79 Å². The van der Waals surface area contributed by atoms with E-state index in [0.717, 1.165) is 45.1 Å². The fourth-order valence-electron chi connectivity index (χ4n) is 4.21. The van der Waals surface area contributed by atoms with E-state index >= 15 is 0 Å². The van der Waals surface area contributed by atoms with E-state index in [1.165, 1.54) is 6.42 Å². The topological polar surface area (TPSA) is 59.0 Å². The number of nitrogens with zero attached hydrogens (tertiary/aromatic N) is 1. The summed E-state index contributed by atoms with van der Waals surface area (Å²) in [7, 11) is 1.69. The highest BCUT2D eigenvalue weighted by molar-refractivity contribution is 5.78. The van der Waals surface area contributed by atoms with Crippen LogP contribution in [0.2, 0.25) is 0 Å². The van der Waals surface area contributed by atoms with Gasteiger partial charge >= 0.3 is 0 Å². The molecule has 2 saturated heterocycles. The van der Waals surface area contributed by atoms with Crippen molar-refractivity contribution in [1.82, 2.24) is 4.90 Å². The maximum absolute atomic E-state index is 12.6. The minimum Gasteiger partial charge on any atom is -0.389 e. The second-order valence-electron chi connectivity index (χ2n) is 6.98. The number of likely N-dealkylation sites (tertiary alicyclic amines) is 1. The number of hydrogen-bond acceptors (Lipinski definition) is 4. The zero-order valence-corrected chi connectivity index (χ0v) is 13.0. The van der Waals surface area contributed by atoms with Crippen LogP contribution in [0.3, 0.4) is 0 Å². The predicted molar refractivity (Wildman–Crippen MR) is 77.9 cm³/mol. The smallest absolute Gasteiger partial charge is 0.225 e. The second-order valence-corrected chi connectivity index (χ2v) is 6.98. The average Bonchev–Trinajstić information content (AvgIpc) is 3.07. The standard InChI is InChI=1S/C16H27NO4/c1-20-13-11-17(12-16(13)8-5-9-21-16)14(18)10-15(19)6-3-2-4-7-15/h13,19H,2-12H2,1H3/t13-,16-/m0/s1. The van der Waals surface area contributed by atoms with E-state index in [2.05, 4.69) is 0 Å². The molecule has 21 heavy (non-hydrogen) atoms. The van der Waals surface area contributed by atoms with E-state index in [9.17, 15) is 9.90 Å². The molecule has 1 saturated carbocycles. The third-order valence-electron chi connectivity index (χ3n) is 5.47. The first-order valence-electron chi connectivity index (χ1n) is 8.24. The number of aliphatic hydroxyl groups is 1. The van der Waals surface area contributed by atoms with Crippen LogP contribution in [0, 0.1) is 0 Å². The van der Waals surface area contributed by atoms with Crippen LogP contribution in [0.25, 0.3) is 0 Å². The molecular weight excluding hydrogens is 270 g/mol. The van der Waals surface area contributed by atoms with Crippen molar-refractivity contribution in [2.24, 2.45) is 0 Å². The van der Waals surface area contributed by atoms with Gasteiger partial charge in [-0.15, -0.1) is 0 Å². The molecule has 0 radical (unpaired) electrons. The lowest BCUT2D eigenvalue weighted by Gasteiger charge is -2.33. The summed E-state index contributed by atoms with van der Waals surface area (Å²) in [6.45, 7) is 1.96. The summed E-state index contributed by atoms with van der Waals surface area (Å²) in [4.78, 5) is 14.4. The van der Waals surface area contributed by atoms with Gasteiger partial charge in [-0.25, -0.2) is 0 Å². The van der Waals surface area contributed by atoms with Crippen molar-refractivity contribution in [3.63, 3.8) is 0 Å². The van der Waals surface area contributed by atoms with Gasteiger partial charge in [-0.1, -0.05) is 19.3 Å². The Kier molecular flexibility index (Phi) is 4.26. The van der Waals surface area contributed by atoms with Crippen LogP contribution in [0.15, 0.2) is 0 Å². The minimum absolute atomic E-state index is 0.0371. The quantitative estimate of drug-likeness (QED) is 0.857. The maximum Gasteiger partial charge on any atom is 0.225 e. The molecule has 0 aromatic rings. The van der Waals surface area contributed by atoms with E-state index in [-0.39, 0.29) is 24.0 Å². The molecule has 0 aromatic carbocycles. The fourth-order valence-corrected chi connectivity index (χ4v) is 4.21. The number of rotatable bonds is 3. The van der Waals surface area contributed by atoms with Crippen molar-refractivity contribution in [2.45, 2.75) is 68.7 Å². The first-order chi connectivity index (χ1) is 10.1. The van der Waals surface area contributed by atoms with E-state index < -0.39 is 5.60 Å². The van der Waals surface area contributed by atoms with Crippen LogP contribution in [-0.2, 0) is 14.3 Å². The van der Waals surface area contributed by atoms with Crippen LogP contribution in [0.1, 0.15) is 51.4 Å². The van der Waals surface area contributed by atoms with Gasteiger partial charge in [0.1, 0.15) is 11.7 Å². The highest BCUT2D eigenvalue weighted by Gasteiger charge is 2.51. The lowest BCUT2D eigenvalue weighted by molar-refractivity contribution is -0.137. The van der Waals surface area contributed by atoms with Crippen molar-refractivity contribution in [1.29, 1.82) is 0 Å². The van der Waals surface area contributed by atoms with Gasteiger partial charge in [-0.2, -0.15) is 0 Å². The molecule has 2 atom stereocenters. The number of amides is 1. The molecule has 1 amide bonds. The monoisotopic (exact) mass is 297 g/mol. The Hall–Kier alpha value is -0.650. The molecule has 3 fully saturated rings. The summed E-state index contributed by atoms with van der Waals surface area (Å²) in [5.74, 6) is 0.0498. The normalized spacial score (nSPS) is 35.5. The Labute approximate surface area is 126 Å². The van der Waals surface area contributed by atoms with E-state index in [4.69, 9.17) is 9.47 Å². The highest BCUT2D eigenvalue weighted by atomic mass is 16.6. The molecule has 120 valence electrons. The first kappa shape index (κ1) is 15.3. The maximum atomic E-state index is 12.6. The molecule has 2 heterocycles. The van der Waals surface area contributed by atoms with Gasteiger partial charge in [0.25, 0.3) is 0 Å². The lowest BCUT2D eigenvalue weighted by Crippen LogP contribution is -2.43. The summed E-state index contributed by atoms with van der Waals surface area (Å²) in [5, 5.41) is 10.6. The molecule has 2 aliphatic heterocycles. The third-order valence-corrected chi connectivity index (χ3v) is 5.47. The molecule has 5 heteroatoms. The van der Waals surface area contributed by atoms with Crippen molar-refractivity contribution < 1.29 is 19.4 Å². The zero-order chi connectivity index (χ0) is 14.9. The van der Waals surface area contributed by atoms with Gasteiger partial charge in [-0.05, 0) is 25.7 Å². The predicted octanol–water partition coefficient (Wildman–Crippen LogP) is 1.48. The summed E-state index contributed by atoms with van der Waals surface area (Å²) < 4.78 is 11.5. The Bertz CT molecular complexity index is 386. The number of carbonyl (C=O) groups excluding carboxylic acids is 1. The van der Waals surface area contributed by atoms with Crippen molar-refractivity contribution >= 4 is 5.91 Å². The van der Waals surface area contributed by atoms with E-state index in [0.29, 0.717) is 13.1 Å². The Balaban J connectivity index is 1.63. The zero-order valence-electron chi connectivity index (χ0n) is 13.0. The van der Waals surface area contributed by atoms with Crippen LogP contribution in [-0.4, -0.2) is 60.0 Å². The number of methoxy groups -OCH3 is 1. The molecule has 0 aromatic heterocycles. The fraction of sp³-hybridized carbons (Fsp3) is 0.938. The van der Waals surface area contributed by atoms with Crippen molar-refractivity contribution in [3.8, 4) is 0 Å². The van der Waals surface area contributed by atoms with Crippen LogP contribution in [0.4, 0.5) is 0 Å². The van der Waals surface area contributed by atoms with Crippen LogP contribution in [0.5, 0.6) is 0 Å². The van der Waals surface area contributed by atoms with Crippen molar-refractivity contribution in [2.75, 3.05) is 26.8 Å². The number of carbonyl (C=O) groups is 1. The van der Waals surface area contributed by atoms with Crippen LogP contribution < -0.4 is 0 Å². The lowest BCUT2D eigenvalue weighted by atomic mass is 9.82. The summed E-state index contributed by atoms with van der Waals surface area (Å²) in [6, 6.07) is 0. The largest absolute Gasteiger partial charge is 0.389 e. The highest BCUT2D eigenvalue weighted by Crippen LogP contribution is 2.38. The van der Waals surface area contributed by atoms with Crippen LogP contribution >= 0.6 is 0 Å². The molecule has 1 N–H and O–H groups in total. The summed E-state index contributed by atoms with van der Waals surface area (Å²) >= 11 is 0. The Morgan fingerprint density at radius 3 is 2.67 bits per heavy atom. The molecule has 1 aliphatic carbocycles. The second kappa shape index (κ2) is 5.86. The molecule has 0 bridgehead atoms. The molecular formula is C16H27NO4. The molecule has 3 aliphatic rings. The SMILES string of the molecule is CO[C@H]1CN(C(=O)CC2(O)CCCCC2)C[C@@]12CCCO2. The van der Waals surface area contributed by atoms with Crippen molar-refractivity contribution in [3.05, 3.63) is 0 Å². The van der Waals surface area contributed by atoms with Gasteiger partial charge < -0.3 is 19.5 Å².